The summed E-state index contributed by atoms with van der Waals surface area (Å²) in [6, 6.07) is 8.12. The van der Waals surface area contributed by atoms with E-state index >= 15 is 0 Å². The fourth-order valence-electron chi connectivity index (χ4n) is 4.02. The summed E-state index contributed by atoms with van der Waals surface area (Å²) < 4.78 is 0. The first-order valence-corrected chi connectivity index (χ1v) is 11.9. The molecule has 5 heteroatoms. The highest BCUT2D eigenvalue weighted by molar-refractivity contribution is 8.10. The van der Waals surface area contributed by atoms with Gasteiger partial charge in [-0.1, -0.05) is 75.9 Å². The molecule has 0 radical (unpaired) electrons. The second-order valence-corrected chi connectivity index (χ2v) is 10.8. The number of thioether (sulfide) groups is 1. The lowest BCUT2D eigenvalue weighted by atomic mass is 9.74. The molecule has 0 bridgehead atoms. The first kappa shape index (κ1) is 25.4. The van der Waals surface area contributed by atoms with Gasteiger partial charge in [0.2, 0.25) is 5.91 Å². The molecule has 0 heterocycles. The lowest BCUT2D eigenvalue weighted by Gasteiger charge is -2.30. The van der Waals surface area contributed by atoms with Crippen molar-refractivity contribution in [2.75, 3.05) is 0 Å². The summed E-state index contributed by atoms with van der Waals surface area (Å²) in [5.74, 6) is -1.10. The lowest BCUT2D eigenvalue weighted by molar-refractivity contribution is -0.136. The van der Waals surface area contributed by atoms with Crippen LogP contribution in [0.15, 0.2) is 41.8 Å². The van der Waals surface area contributed by atoms with E-state index in [0.29, 0.717) is 19.4 Å². The fourth-order valence-corrected chi connectivity index (χ4v) is 4.69. The van der Waals surface area contributed by atoms with Gasteiger partial charge in [-0.15, -0.1) is 0 Å². The van der Waals surface area contributed by atoms with Crippen molar-refractivity contribution >= 4 is 28.4 Å². The van der Waals surface area contributed by atoms with Crippen molar-refractivity contribution in [1.29, 1.82) is 0 Å². The summed E-state index contributed by atoms with van der Waals surface area (Å²) in [6.07, 6.45) is 0.125. The smallest absolute Gasteiger partial charge is 0.224 e. The SMILES string of the molecule is C=CSC(=C(C)C)c1ccc(CNC(=O)[C@@H]2C[C@H](O)CC2C(=O)[C@@H](C)C(C)(C)C)cc1. The van der Waals surface area contributed by atoms with E-state index in [-0.39, 0.29) is 23.0 Å². The van der Waals surface area contributed by atoms with Gasteiger partial charge >= 0.3 is 0 Å². The van der Waals surface area contributed by atoms with Crippen LogP contribution in [0.25, 0.3) is 4.91 Å². The van der Waals surface area contributed by atoms with E-state index in [2.05, 4.69) is 37.9 Å². The molecule has 0 aromatic heterocycles. The van der Waals surface area contributed by atoms with E-state index in [9.17, 15) is 14.7 Å². The quantitative estimate of drug-likeness (QED) is 0.551. The maximum Gasteiger partial charge on any atom is 0.224 e. The highest BCUT2D eigenvalue weighted by Gasteiger charge is 2.44. The lowest BCUT2D eigenvalue weighted by Crippen LogP contribution is -2.39. The number of ketones is 1. The third-order valence-electron chi connectivity index (χ3n) is 6.30. The van der Waals surface area contributed by atoms with Gasteiger partial charge in [0.15, 0.2) is 0 Å². The molecule has 1 amide bonds. The molecule has 1 aromatic rings. The summed E-state index contributed by atoms with van der Waals surface area (Å²) in [4.78, 5) is 27.1. The minimum atomic E-state index is -0.596. The number of amides is 1. The molecule has 1 saturated carbocycles. The number of benzene rings is 1. The van der Waals surface area contributed by atoms with Crippen LogP contribution < -0.4 is 5.32 Å². The van der Waals surface area contributed by atoms with Gasteiger partial charge in [-0.05, 0) is 48.6 Å². The van der Waals surface area contributed by atoms with Gasteiger partial charge in [0.25, 0.3) is 0 Å². The number of rotatable bonds is 8. The van der Waals surface area contributed by atoms with Crippen molar-refractivity contribution in [3.8, 4) is 0 Å². The molecule has 1 unspecified atom stereocenters. The zero-order valence-electron chi connectivity index (χ0n) is 19.7. The monoisotopic (exact) mass is 443 g/mol. The Morgan fingerprint density at radius 2 is 1.77 bits per heavy atom. The Morgan fingerprint density at radius 1 is 1.19 bits per heavy atom. The van der Waals surface area contributed by atoms with Crippen LogP contribution in [0.4, 0.5) is 0 Å². The zero-order chi connectivity index (χ0) is 23.3. The Bertz CT molecular complexity index is 831. The summed E-state index contributed by atoms with van der Waals surface area (Å²) in [7, 11) is 0. The van der Waals surface area contributed by atoms with Crippen molar-refractivity contribution in [2.45, 2.75) is 67.0 Å². The Balaban J connectivity index is 2.05. The van der Waals surface area contributed by atoms with E-state index in [1.807, 2.05) is 45.2 Å². The zero-order valence-corrected chi connectivity index (χ0v) is 20.5. The predicted molar refractivity (Wildman–Crippen MR) is 130 cm³/mol. The van der Waals surface area contributed by atoms with Crippen molar-refractivity contribution in [3.05, 3.63) is 53.0 Å². The largest absolute Gasteiger partial charge is 0.393 e. The molecule has 4 nitrogen and oxygen atoms in total. The number of allylic oxidation sites excluding steroid dienone is 1. The molecule has 0 spiro atoms. The molecular formula is C26H37NO3S. The van der Waals surface area contributed by atoms with Gasteiger partial charge in [-0.25, -0.2) is 0 Å². The van der Waals surface area contributed by atoms with Gasteiger partial charge in [-0.2, -0.15) is 0 Å². The van der Waals surface area contributed by atoms with E-state index in [0.717, 1.165) is 11.1 Å². The van der Waals surface area contributed by atoms with E-state index < -0.39 is 17.9 Å². The Kier molecular flexibility index (Phi) is 8.73. The maximum atomic E-state index is 13.0. The van der Waals surface area contributed by atoms with Crippen LogP contribution >= 0.6 is 11.8 Å². The minimum Gasteiger partial charge on any atom is -0.393 e. The predicted octanol–water partition coefficient (Wildman–Crippen LogP) is 5.57. The summed E-state index contributed by atoms with van der Waals surface area (Å²) in [5.41, 5.74) is 3.19. The molecule has 1 fully saturated rings. The third kappa shape index (κ3) is 6.56. The van der Waals surface area contributed by atoms with Crippen molar-refractivity contribution in [1.82, 2.24) is 5.32 Å². The Labute approximate surface area is 191 Å². The van der Waals surface area contributed by atoms with Crippen molar-refractivity contribution in [3.63, 3.8) is 0 Å². The molecule has 0 saturated heterocycles. The number of nitrogens with one attached hydrogen (secondary N) is 1. The average molecular weight is 444 g/mol. The van der Waals surface area contributed by atoms with Crippen LogP contribution in [-0.2, 0) is 16.1 Å². The highest BCUT2D eigenvalue weighted by Crippen LogP contribution is 2.38. The summed E-state index contributed by atoms with van der Waals surface area (Å²) in [6.45, 7) is 16.4. The van der Waals surface area contributed by atoms with E-state index in [1.54, 1.807) is 11.8 Å². The average Bonchev–Trinajstić information content (AvgIpc) is 3.10. The van der Waals surface area contributed by atoms with Crippen molar-refractivity contribution < 1.29 is 14.7 Å². The Hall–Kier alpha value is -1.85. The molecule has 0 aliphatic heterocycles. The molecule has 170 valence electrons. The first-order chi connectivity index (χ1) is 14.5. The molecular weight excluding hydrogens is 406 g/mol. The van der Waals surface area contributed by atoms with Crippen LogP contribution in [0.1, 0.15) is 65.5 Å². The van der Waals surface area contributed by atoms with Gasteiger partial charge in [0.1, 0.15) is 5.78 Å². The maximum absolute atomic E-state index is 13.0. The van der Waals surface area contributed by atoms with Crippen LogP contribution in [0.3, 0.4) is 0 Å². The molecule has 2 rings (SSSR count). The fraction of sp³-hybridized carbons (Fsp3) is 0.538. The number of aliphatic hydroxyl groups is 1. The number of hydrogen-bond donors (Lipinski definition) is 2. The van der Waals surface area contributed by atoms with Gasteiger partial charge in [-0.3, -0.25) is 9.59 Å². The summed E-state index contributed by atoms with van der Waals surface area (Å²) >= 11 is 1.60. The molecule has 1 aliphatic carbocycles. The van der Waals surface area contributed by atoms with Gasteiger partial charge in [0, 0.05) is 23.3 Å². The number of carbonyl (C=O) groups excluding carboxylic acids is 2. The standard InChI is InChI=1S/C26H37NO3S/c1-8-31-24(16(2)3)19-11-9-18(10-12-19)15-27-25(30)22-14-20(28)13-21(22)23(29)17(4)26(5,6)7/h8-12,17,20-22,28H,1,13-15H2,2-7H3,(H,27,30)/t17-,20-,21?,22-/m1/s1. The number of hydrogen-bond acceptors (Lipinski definition) is 4. The molecule has 1 aromatic carbocycles. The van der Waals surface area contributed by atoms with Crippen LogP contribution in [0, 0.1) is 23.2 Å². The molecule has 1 aliphatic rings. The number of aliphatic hydroxyl groups excluding tert-OH is 1. The summed E-state index contributed by atoms with van der Waals surface area (Å²) in [5, 5.41) is 15.0. The van der Waals surface area contributed by atoms with E-state index in [1.165, 1.54) is 10.5 Å². The molecule has 2 N–H and O–H groups in total. The highest BCUT2D eigenvalue weighted by atomic mass is 32.2. The van der Waals surface area contributed by atoms with Gasteiger partial charge in [0.05, 0.1) is 12.0 Å². The number of carbonyl (C=O) groups is 2. The Morgan fingerprint density at radius 3 is 2.29 bits per heavy atom. The second kappa shape index (κ2) is 10.6. The molecule has 31 heavy (non-hydrogen) atoms. The first-order valence-electron chi connectivity index (χ1n) is 11.0. The topological polar surface area (TPSA) is 66.4 Å². The van der Waals surface area contributed by atoms with Crippen molar-refractivity contribution in [2.24, 2.45) is 23.2 Å². The minimum absolute atomic E-state index is 0.0857. The molecule has 4 atom stereocenters. The van der Waals surface area contributed by atoms with Crippen LogP contribution in [0.5, 0.6) is 0 Å². The van der Waals surface area contributed by atoms with Crippen LogP contribution in [-0.4, -0.2) is 22.9 Å². The van der Waals surface area contributed by atoms with Gasteiger partial charge < -0.3 is 10.4 Å². The third-order valence-corrected chi connectivity index (χ3v) is 7.35. The van der Waals surface area contributed by atoms with E-state index in [4.69, 9.17) is 0 Å². The normalized spacial score (nSPS) is 22.0. The second-order valence-electron chi connectivity index (χ2n) is 9.86. The number of Topliss-reactive ketones (excluding diaryl/α,β-unsaturated/α-hetero) is 1. The van der Waals surface area contributed by atoms with Crippen LogP contribution in [0.2, 0.25) is 0 Å².